The molecule has 1 N–H and O–H groups in total. The normalized spacial score (nSPS) is 19.0. The first-order valence-corrected chi connectivity index (χ1v) is 7.65. The van der Waals surface area contributed by atoms with E-state index in [1.807, 2.05) is 25.1 Å². The predicted molar refractivity (Wildman–Crippen MR) is 82.1 cm³/mol. The molecule has 3 heteroatoms. The lowest BCUT2D eigenvalue weighted by Crippen LogP contribution is -2.34. The van der Waals surface area contributed by atoms with Crippen molar-refractivity contribution in [2.75, 3.05) is 26.7 Å². The van der Waals surface area contributed by atoms with Crippen LogP contribution in [-0.4, -0.2) is 36.8 Å². The molecule has 2 rings (SSSR count). The van der Waals surface area contributed by atoms with Gasteiger partial charge in [0, 0.05) is 6.54 Å². The average Bonchev–Trinajstić information content (AvgIpc) is 2.46. The molecule has 1 unspecified atom stereocenters. The van der Waals surface area contributed by atoms with E-state index in [1.54, 1.807) is 7.11 Å². The van der Waals surface area contributed by atoms with Gasteiger partial charge in [-0.1, -0.05) is 13.0 Å². The maximum absolute atomic E-state index is 10.4. The summed E-state index contributed by atoms with van der Waals surface area (Å²) in [6, 6.07) is 5.90. The molecule has 0 aromatic heterocycles. The first-order chi connectivity index (χ1) is 9.60. The average molecular weight is 277 g/mol. The van der Waals surface area contributed by atoms with Crippen LogP contribution in [0.2, 0.25) is 0 Å². The number of aliphatic hydroxyl groups excluding tert-OH is 1. The fourth-order valence-electron chi connectivity index (χ4n) is 2.90. The number of benzene rings is 1. The molecule has 1 aromatic rings. The maximum atomic E-state index is 10.4. The molecule has 1 saturated heterocycles. The Kier molecular flexibility index (Phi) is 5.44. The summed E-state index contributed by atoms with van der Waals surface area (Å²) >= 11 is 0. The van der Waals surface area contributed by atoms with Crippen LogP contribution >= 0.6 is 0 Å². The summed E-state index contributed by atoms with van der Waals surface area (Å²) in [5.74, 6) is 1.71. The van der Waals surface area contributed by atoms with Crippen molar-refractivity contribution in [2.24, 2.45) is 5.92 Å². The third kappa shape index (κ3) is 3.97. The van der Waals surface area contributed by atoms with Crippen molar-refractivity contribution < 1.29 is 9.84 Å². The zero-order chi connectivity index (χ0) is 14.5. The van der Waals surface area contributed by atoms with E-state index in [0.29, 0.717) is 0 Å². The number of methoxy groups -OCH3 is 1. The molecular weight excluding hydrogens is 250 g/mol. The minimum Gasteiger partial charge on any atom is -0.497 e. The second-order valence-electron chi connectivity index (χ2n) is 6.05. The summed E-state index contributed by atoms with van der Waals surface area (Å²) in [6.45, 7) is 7.70. The van der Waals surface area contributed by atoms with E-state index in [9.17, 15) is 5.11 Å². The van der Waals surface area contributed by atoms with Crippen LogP contribution in [-0.2, 0) is 0 Å². The zero-order valence-electron chi connectivity index (χ0n) is 12.9. The number of aryl methyl sites for hydroxylation is 1. The third-order valence-electron chi connectivity index (χ3n) is 4.43. The Morgan fingerprint density at radius 3 is 2.65 bits per heavy atom. The molecule has 0 amide bonds. The van der Waals surface area contributed by atoms with Gasteiger partial charge < -0.3 is 14.7 Å². The second-order valence-corrected chi connectivity index (χ2v) is 6.05. The van der Waals surface area contributed by atoms with E-state index >= 15 is 0 Å². The highest BCUT2D eigenvalue weighted by Crippen LogP contribution is 2.25. The summed E-state index contributed by atoms with van der Waals surface area (Å²) in [5, 5.41) is 10.4. The Bertz CT molecular complexity index is 425. The molecule has 3 nitrogen and oxygen atoms in total. The van der Waals surface area contributed by atoms with Crippen molar-refractivity contribution in [1.29, 1.82) is 0 Å². The van der Waals surface area contributed by atoms with Gasteiger partial charge in [0.1, 0.15) is 5.75 Å². The minimum absolute atomic E-state index is 0.375. The highest BCUT2D eigenvalue weighted by Gasteiger charge is 2.17. The second kappa shape index (κ2) is 7.09. The fraction of sp³-hybridized carbons (Fsp3) is 0.647. The van der Waals surface area contributed by atoms with Crippen LogP contribution < -0.4 is 4.74 Å². The highest BCUT2D eigenvalue weighted by atomic mass is 16.5. The van der Waals surface area contributed by atoms with Crippen molar-refractivity contribution in [3.05, 3.63) is 29.3 Å². The van der Waals surface area contributed by atoms with Crippen LogP contribution in [0.25, 0.3) is 0 Å². The molecule has 0 spiro atoms. The number of hydrogen-bond acceptors (Lipinski definition) is 3. The molecule has 0 saturated carbocycles. The minimum atomic E-state index is -0.375. The number of hydrogen-bond donors (Lipinski definition) is 1. The van der Waals surface area contributed by atoms with Gasteiger partial charge in [0.15, 0.2) is 0 Å². The van der Waals surface area contributed by atoms with E-state index < -0.39 is 0 Å². The Morgan fingerprint density at radius 2 is 2.05 bits per heavy atom. The molecule has 1 aliphatic heterocycles. The zero-order valence-corrected chi connectivity index (χ0v) is 12.9. The molecule has 1 aliphatic rings. The molecule has 20 heavy (non-hydrogen) atoms. The number of aliphatic hydroxyl groups is 1. The lowest BCUT2D eigenvalue weighted by Gasteiger charge is -2.30. The van der Waals surface area contributed by atoms with Crippen LogP contribution in [0.5, 0.6) is 5.75 Å². The first-order valence-electron chi connectivity index (χ1n) is 7.65. The van der Waals surface area contributed by atoms with E-state index in [-0.39, 0.29) is 6.10 Å². The summed E-state index contributed by atoms with van der Waals surface area (Å²) in [6.07, 6.45) is 3.01. The maximum Gasteiger partial charge on any atom is 0.119 e. The van der Waals surface area contributed by atoms with Gasteiger partial charge in [0.25, 0.3) is 0 Å². The third-order valence-corrected chi connectivity index (χ3v) is 4.43. The molecule has 0 bridgehead atoms. The van der Waals surface area contributed by atoms with Gasteiger partial charge in [-0.05, 0) is 68.5 Å². The van der Waals surface area contributed by atoms with E-state index in [0.717, 1.165) is 35.8 Å². The van der Waals surface area contributed by atoms with Gasteiger partial charge in [-0.25, -0.2) is 0 Å². The standard InChI is InChI=1S/C17H27NO2/c1-13-6-9-18(10-7-13)11-8-17(19)16-5-4-15(20-3)12-14(16)2/h4-5,12-13,17,19H,6-11H2,1-3H3. The first kappa shape index (κ1) is 15.3. The van der Waals surface area contributed by atoms with Gasteiger partial charge in [-0.15, -0.1) is 0 Å². The van der Waals surface area contributed by atoms with E-state index in [2.05, 4.69) is 11.8 Å². The SMILES string of the molecule is COc1ccc(C(O)CCN2CCC(C)CC2)c(C)c1. The molecule has 0 radical (unpaired) electrons. The Balaban J connectivity index is 1.87. The lowest BCUT2D eigenvalue weighted by molar-refractivity contribution is 0.125. The van der Waals surface area contributed by atoms with Gasteiger partial charge >= 0.3 is 0 Å². The Morgan fingerprint density at radius 1 is 1.35 bits per heavy atom. The summed E-state index contributed by atoms with van der Waals surface area (Å²) in [5.41, 5.74) is 2.13. The van der Waals surface area contributed by atoms with Gasteiger partial charge in [0.05, 0.1) is 13.2 Å². The van der Waals surface area contributed by atoms with Crippen molar-refractivity contribution >= 4 is 0 Å². The lowest BCUT2D eigenvalue weighted by atomic mass is 9.97. The molecule has 1 fully saturated rings. The van der Waals surface area contributed by atoms with Gasteiger partial charge in [0.2, 0.25) is 0 Å². The predicted octanol–water partition coefficient (Wildman–Crippen LogP) is 3.16. The number of nitrogens with zero attached hydrogens (tertiary/aromatic N) is 1. The summed E-state index contributed by atoms with van der Waals surface area (Å²) < 4.78 is 5.21. The fourth-order valence-corrected chi connectivity index (χ4v) is 2.90. The van der Waals surface area contributed by atoms with Crippen LogP contribution in [0.4, 0.5) is 0 Å². The van der Waals surface area contributed by atoms with Gasteiger partial charge in [-0.2, -0.15) is 0 Å². The van der Waals surface area contributed by atoms with Gasteiger partial charge in [-0.3, -0.25) is 0 Å². The van der Waals surface area contributed by atoms with Crippen molar-refractivity contribution in [1.82, 2.24) is 4.90 Å². The Labute approximate surface area is 122 Å². The van der Waals surface area contributed by atoms with Crippen LogP contribution in [0.3, 0.4) is 0 Å². The molecule has 112 valence electrons. The smallest absolute Gasteiger partial charge is 0.119 e. The molecule has 1 atom stereocenters. The molecule has 0 aliphatic carbocycles. The summed E-state index contributed by atoms with van der Waals surface area (Å²) in [7, 11) is 1.67. The van der Waals surface area contributed by atoms with E-state index in [1.165, 1.54) is 25.9 Å². The van der Waals surface area contributed by atoms with Crippen LogP contribution in [0.15, 0.2) is 18.2 Å². The Hall–Kier alpha value is -1.06. The quantitative estimate of drug-likeness (QED) is 0.897. The number of piperidine rings is 1. The summed E-state index contributed by atoms with van der Waals surface area (Å²) in [4.78, 5) is 2.47. The monoisotopic (exact) mass is 277 g/mol. The number of ether oxygens (including phenoxy) is 1. The topological polar surface area (TPSA) is 32.7 Å². The van der Waals surface area contributed by atoms with Crippen molar-refractivity contribution in [3.63, 3.8) is 0 Å². The number of likely N-dealkylation sites (tertiary alicyclic amines) is 1. The molecule has 1 aromatic carbocycles. The largest absolute Gasteiger partial charge is 0.497 e. The van der Waals surface area contributed by atoms with Crippen LogP contribution in [0, 0.1) is 12.8 Å². The number of rotatable bonds is 5. The molecule has 1 heterocycles. The van der Waals surface area contributed by atoms with E-state index in [4.69, 9.17) is 4.74 Å². The van der Waals surface area contributed by atoms with Crippen molar-refractivity contribution in [3.8, 4) is 5.75 Å². The molecular formula is C17H27NO2. The van der Waals surface area contributed by atoms with Crippen LogP contribution in [0.1, 0.15) is 43.4 Å². The van der Waals surface area contributed by atoms with Crippen molar-refractivity contribution in [2.45, 2.75) is 39.2 Å². The highest BCUT2D eigenvalue weighted by molar-refractivity contribution is 5.36.